The van der Waals surface area contributed by atoms with Gasteiger partial charge in [-0.3, -0.25) is 14.7 Å². The van der Waals surface area contributed by atoms with Gasteiger partial charge in [0.15, 0.2) is 0 Å². The molecule has 148 valence electrons. The third-order valence-electron chi connectivity index (χ3n) is 6.86. The molecule has 6 heteroatoms. The van der Waals surface area contributed by atoms with Crippen LogP contribution in [0, 0.1) is 17.8 Å². The van der Waals surface area contributed by atoms with Gasteiger partial charge in [0.25, 0.3) is 5.91 Å². The van der Waals surface area contributed by atoms with Gasteiger partial charge in [-0.05, 0) is 56.4 Å². The second-order valence-electron chi connectivity index (χ2n) is 9.13. The third kappa shape index (κ3) is 3.82. The molecule has 0 aromatic carbocycles. The first kappa shape index (κ1) is 18.7. The van der Waals surface area contributed by atoms with Gasteiger partial charge in [-0.2, -0.15) is 0 Å². The van der Waals surface area contributed by atoms with Gasteiger partial charge in [0.2, 0.25) is 0 Å². The molecular formula is C21H33N5O. The van der Waals surface area contributed by atoms with Crippen molar-refractivity contribution in [3.63, 3.8) is 0 Å². The van der Waals surface area contributed by atoms with Crippen LogP contribution >= 0.6 is 0 Å². The first-order valence-corrected chi connectivity index (χ1v) is 10.7. The Labute approximate surface area is 162 Å². The number of rotatable bonds is 5. The van der Waals surface area contributed by atoms with Crippen molar-refractivity contribution in [2.45, 2.75) is 64.5 Å². The van der Waals surface area contributed by atoms with Crippen molar-refractivity contribution in [2.24, 2.45) is 23.5 Å². The van der Waals surface area contributed by atoms with Crippen LogP contribution in [0.2, 0.25) is 0 Å². The van der Waals surface area contributed by atoms with Crippen LogP contribution in [0.25, 0.3) is 0 Å². The van der Waals surface area contributed by atoms with Crippen LogP contribution < -0.4 is 10.6 Å². The van der Waals surface area contributed by atoms with Gasteiger partial charge in [-0.1, -0.05) is 20.3 Å². The van der Waals surface area contributed by atoms with E-state index in [1.165, 1.54) is 51.3 Å². The summed E-state index contributed by atoms with van der Waals surface area (Å²) >= 11 is 0. The van der Waals surface area contributed by atoms with Gasteiger partial charge >= 0.3 is 0 Å². The summed E-state index contributed by atoms with van der Waals surface area (Å²) < 4.78 is 0. The number of primary amides is 1. The SMILES string of the molecule is CC(C)CC[C@H]1[C@H]2C[C@H](CN(c3cncc(C(N)=O)n3)C2)[C@@H]2CCCCN21. The molecule has 3 fully saturated rings. The second-order valence-corrected chi connectivity index (χ2v) is 9.13. The zero-order chi connectivity index (χ0) is 19.0. The Hall–Kier alpha value is -1.69. The minimum absolute atomic E-state index is 0.263. The summed E-state index contributed by atoms with van der Waals surface area (Å²) in [6, 6.07) is 1.39. The van der Waals surface area contributed by atoms with E-state index in [1.54, 1.807) is 6.20 Å². The van der Waals surface area contributed by atoms with Crippen molar-refractivity contribution in [3.05, 3.63) is 18.1 Å². The molecule has 6 nitrogen and oxygen atoms in total. The number of fused-ring (bicyclic) bond motifs is 4. The molecule has 0 unspecified atom stereocenters. The topological polar surface area (TPSA) is 75.4 Å². The first-order chi connectivity index (χ1) is 13.0. The zero-order valence-corrected chi connectivity index (χ0v) is 16.7. The van der Waals surface area contributed by atoms with Crippen LogP contribution in [0.3, 0.4) is 0 Å². The summed E-state index contributed by atoms with van der Waals surface area (Å²) in [6.07, 6.45) is 11.2. The summed E-state index contributed by atoms with van der Waals surface area (Å²) in [5, 5.41) is 0. The highest BCUT2D eigenvalue weighted by Gasteiger charge is 2.47. The Bertz CT molecular complexity index is 678. The van der Waals surface area contributed by atoms with Gasteiger partial charge in [-0.15, -0.1) is 0 Å². The van der Waals surface area contributed by atoms with Crippen LogP contribution in [0.5, 0.6) is 0 Å². The molecule has 4 rings (SSSR count). The molecule has 3 aliphatic heterocycles. The van der Waals surface area contributed by atoms with Gasteiger partial charge in [0.05, 0.1) is 12.4 Å². The summed E-state index contributed by atoms with van der Waals surface area (Å²) in [5.41, 5.74) is 5.68. The van der Waals surface area contributed by atoms with Crippen molar-refractivity contribution in [1.82, 2.24) is 14.9 Å². The highest BCUT2D eigenvalue weighted by atomic mass is 16.1. The molecule has 0 radical (unpaired) electrons. The smallest absolute Gasteiger partial charge is 0.268 e. The van der Waals surface area contributed by atoms with Crippen LogP contribution in [0.1, 0.15) is 62.9 Å². The van der Waals surface area contributed by atoms with E-state index in [-0.39, 0.29) is 5.69 Å². The number of amides is 1. The zero-order valence-electron chi connectivity index (χ0n) is 16.7. The number of hydrogen-bond donors (Lipinski definition) is 1. The summed E-state index contributed by atoms with van der Waals surface area (Å²) in [7, 11) is 0. The Morgan fingerprint density at radius 1 is 1.26 bits per heavy atom. The lowest BCUT2D eigenvalue weighted by Gasteiger charge is -2.57. The molecule has 0 saturated carbocycles. The fraction of sp³-hybridized carbons (Fsp3) is 0.762. The molecule has 2 N–H and O–H groups in total. The molecular weight excluding hydrogens is 338 g/mol. The number of nitrogens with two attached hydrogens (primary N) is 1. The van der Waals surface area contributed by atoms with E-state index < -0.39 is 5.91 Å². The normalized spacial score (nSPS) is 31.0. The molecule has 0 spiro atoms. The van der Waals surface area contributed by atoms with E-state index in [4.69, 9.17) is 5.73 Å². The third-order valence-corrected chi connectivity index (χ3v) is 6.86. The van der Waals surface area contributed by atoms with Crippen molar-refractivity contribution in [1.29, 1.82) is 0 Å². The molecule has 1 aromatic rings. The number of anilines is 1. The maximum atomic E-state index is 11.5. The molecule has 3 saturated heterocycles. The molecule has 3 aliphatic rings. The molecule has 2 bridgehead atoms. The number of hydrogen-bond acceptors (Lipinski definition) is 5. The highest BCUT2D eigenvalue weighted by molar-refractivity contribution is 5.90. The Morgan fingerprint density at radius 2 is 2.07 bits per heavy atom. The Balaban J connectivity index is 1.57. The molecule has 4 atom stereocenters. The van der Waals surface area contributed by atoms with E-state index in [2.05, 4.69) is 33.6 Å². The largest absolute Gasteiger partial charge is 0.364 e. The summed E-state index contributed by atoms with van der Waals surface area (Å²) in [4.78, 5) is 25.5. The molecule has 0 aliphatic carbocycles. The Morgan fingerprint density at radius 3 is 2.85 bits per heavy atom. The van der Waals surface area contributed by atoms with Crippen LogP contribution in [-0.2, 0) is 0 Å². The summed E-state index contributed by atoms with van der Waals surface area (Å²) in [5.74, 6) is 2.43. The maximum Gasteiger partial charge on any atom is 0.268 e. The van der Waals surface area contributed by atoms with E-state index in [0.29, 0.717) is 23.9 Å². The second kappa shape index (κ2) is 7.74. The van der Waals surface area contributed by atoms with Crippen molar-refractivity contribution in [3.8, 4) is 0 Å². The van der Waals surface area contributed by atoms with Crippen molar-refractivity contribution >= 4 is 11.7 Å². The van der Waals surface area contributed by atoms with Crippen LogP contribution in [0.4, 0.5) is 5.82 Å². The Kier molecular flexibility index (Phi) is 5.35. The number of carbonyl (C=O) groups excluding carboxylic acids is 1. The standard InChI is InChI=1S/C21H33N5O/c1-14(2)6-7-19-16-9-15(18-5-3-4-8-26(18)19)12-25(13-16)20-11-23-10-17(24-20)21(22)27/h10-11,14-16,18-19H,3-9,12-13H2,1-2H3,(H2,22,27)/t15-,16+,18+,19+/m1/s1. The van der Waals surface area contributed by atoms with E-state index in [0.717, 1.165) is 24.8 Å². The van der Waals surface area contributed by atoms with Gasteiger partial charge in [0.1, 0.15) is 11.5 Å². The van der Waals surface area contributed by atoms with Gasteiger partial charge in [-0.25, -0.2) is 4.98 Å². The van der Waals surface area contributed by atoms with Crippen molar-refractivity contribution in [2.75, 3.05) is 24.5 Å². The molecule has 27 heavy (non-hydrogen) atoms. The lowest BCUT2D eigenvalue weighted by molar-refractivity contribution is -0.0369. The number of piperidine rings is 3. The average molecular weight is 372 g/mol. The van der Waals surface area contributed by atoms with E-state index >= 15 is 0 Å². The lowest BCUT2D eigenvalue weighted by atomic mass is 9.71. The predicted molar refractivity (Wildman–Crippen MR) is 107 cm³/mol. The molecule has 1 amide bonds. The van der Waals surface area contributed by atoms with Crippen molar-refractivity contribution < 1.29 is 4.79 Å². The molecule has 1 aromatic heterocycles. The quantitative estimate of drug-likeness (QED) is 0.861. The maximum absolute atomic E-state index is 11.5. The van der Waals surface area contributed by atoms with Gasteiger partial charge in [0, 0.05) is 25.2 Å². The lowest BCUT2D eigenvalue weighted by Crippen LogP contribution is -2.63. The monoisotopic (exact) mass is 371 g/mol. The summed E-state index contributed by atoms with van der Waals surface area (Å²) in [6.45, 7) is 7.97. The fourth-order valence-corrected chi connectivity index (χ4v) is 5.62. The van der Waals surface area contributed by atoms with E-state index in [9.17, 15) is 4.79 Å². The van der Waals surface area contributed by atoms with Crippen LogP contribution in [0.15, 0.2) is 12.4 Å². The minimum Gasteiger partial charge on any atom is -0.364 e. The minimum atomic E-state index is -0.505. The van der Waals surface area contributed by atoms with Gasteiger partial charge < -0.3 is 10.6 Å². The predicted octanol–water partition coefficient (Wildman–Crippen LogP) is 2.69. The molecule has 4 heterocycles. The van der Waals surface area contributed by atoms with Crippen LogP contribution in [-0.4, -0.2) is 52.5 Å². The fourth-order valence-electron chi connectivity index (χ4n) is 5.62. The number of carbonyl (C=O) groups is 1. The first-order valence-electron chi connectivity index (χ1n) is 10.7. The van der Waals surface area contributed by atoms with E-state index in [1.807, 2.05) is 0 Å². The average Bonchev–Trinajstić information content (AvgIpc) is 2.67. The number of aromatic nitrogens is 2. The highest BCUT2D eigenvalue weighted by Crippen LogP contribution is 2.43. The number of nitrogens with zero attached hydrogens (tertiary/aromatic N) is 4.